The number of nitrogens with zero attached hydrogens (tertiary/aromatic N) is 3. The van der Waals surface area contributed by atoms with E-state index in [1.807, 2.05) is 18.2 Å². The van der Waals surface area contributed by atoms with Gasteiger partial charge in [0.15, 0.2) is 5.13 Å². The molecule has 0 aliphatic heterocycles. The van der Waals surface area contributed by atoms with Gasteiger partial charge in [-0.1, -0.05) is 22.6 Å². The minimum Gasteiger partial charge on any atom is -0.398 e. The second-order valence-electron chi connectivity index (χ2n) is 4.19. The Morgan fingerprint density at radius 3 is 2.87 bits per heavy atom. The molecule has 0 fully saturated rings. The minimum atomic E-state index is -0.725. The van der Waals surface area contributed by atoms with Gasteiger partial charge in [-0.3, -0.25) is 0 Å². The molecule has 3 aromatic rings. The summed E-state index contributed by atoms with van der Waals surface area (Å²) in [6, 6.07) is 5.53. The molecule has 0 aliphatic carbocycles. The van der Waals surface area contributed by atoms with Crippen molar-refractivity contribution in [3.05, 3.63) is 29.3 Å². The Morgan fingerprint density at radius 1 is 1.39 bits per heavy atom. The Bertz CT molecular complexity index is 903. The number of thiazole rings is 2. The average molecular weight is 366 g/mol. The number of oxime groups is 1. The second kappa shape index (κ2) is 6.52. The number of ether oxygens (including phenoxy) is 1. The summed E-state index contributed by atoms with van der Waals surface area (Å²) >= 11 is 6.75. The molecular weight excluding hydrogens is 356 g/mol. The van der Waals surface area contributed by atoms with Crippen molar-refractivity contribution in [3.8, 4) is 5.19 Å². The molecule has 23 heavy (non-hydrogen) atoms. The third-order valence-electron chi connectivity index (χ3n) is 2.70. The van der Waals surface area contributed by atoms with E-state index in [1.165, 1.54) is 29.8 Å². The molecule has 0 aliphatic rings. The van der Waals surface area contributed by atoms with Gasteiger partial charge in [0, 0.05) is 10.3 Å². The molecule has 3 rings (SSSR count). The predicted octanol–water partition coefficient (Wildman–Crippen LogP) is 2.58. The monoisotopic (exact) mass is 366 g/mol. The number of aromatic nitrogens is 2. The summed E-state index contributed by atoms with van der Waals surface area (Å²) in [7, 11) is 1.33. The van der Waals surface area contributed by atoms with Crippen LogP contribution in [0.2, 0.25) is 0 Å². The lowest BCUT2D eigenvalue weighted by atomic mass is 10.3. The normalized spacial score (nSPS) is 11.7. The third kappa shape index (κ3) is 3.28. The molecule has 0 unspecified atom stereocenters. The summed E-state index contributed by atoms with van der Waals surface area (Å²) in [5.74, 6) is -0.725. The van der Waals surface area contributed by atoms with Crippen LogP contribution < -0.4 is 10.5 Å². The number of anilines is 1. The van der Waals surface area contributed by atoms with Crippen LogP contribution in [-0.2, 0) is 9.63 Å². The first kappa shape index (κ1) is 15.7. The highest BCUT2D eigenvalue weighted by atomic mass is 32.1. The van der Waals surface area contributed by atoms with Crippen molar-refractivity contribution in [1.29, 1.82) is 0 Å². The number of carbonyl (C=O) groups is 1. The summed E-state index contributed by atoms with van der Waals surface area (Å²) in [5.41, 5.74) is 6.46. The van der Waals surface area contributed by atoms with Crippen molar-refractivity contribution in [2.75, 3.05) is 12.8 Å². The number of carbonyl (C=O) groups excluding carboxylic acids is 1. The number of esters is 1. The van der Waals surface area contributed by atoms with Gasteiger partial charge in [0.1, 0.15) is 12.8 Å². The fourth-order valence-corrected chi connectivity index (χ4v) is 3.48. The molecule has 118 valence electrons. The number of rotatable bonds is 4. The van der Waals surface area contributed by atoms with Gasteiger partial charge in [-0.25, -0.2) is 14.8 Å². The maximum absolute atomic E-state index is 12.3. The van der Waals surface area contributed by atoms with Gasteiger partial charge in [-0.15, -0.1) is 24.0 Å². The van der Waals surface area contributed by atoms with Crippen LogP contribution in [0, 0.1) is 0 Å². The summed E-state index contributed by atoms with van der Waals surface area (Å²) in [6.45, 7) is 0. The number of nitrogen functional groups attached to an aromatic ring is 1. The first-order chi connectivity index (χ1) is 11.1. The molecule has 0 spiro atoms. The lowest BCUT2D eigenvalue weighted by Gasteiger charge is -2.01. The van der Waals surface area contributed by atoms with Crippen molar-refractivity contribution < 1.29 is 14.4 Å². The molecule has 0 amide bonds. The van der Waals surface area contributed by atoms with E-state index in [-0.39, 0.29) is 16.6 Å². The predicted molar refractivity (Wildman–Crippen MR) is 92.6 cm³/mol. The SMILES string of the molecule is CON=C(C(=O)Oc1nc2c(S)cccc2s1)c1csc(N)n1. The molecule has 7 nitrogen and oxygen atoms in total. The van der Waals surface area contributed by atoms with Gasteiger partial charge in [0.05, 0.1) is 10.2 Å². The van der Waals surface area contributed by atoms with Crippen LogP contribution in [0.15, 0.2) is 33.6 Å². The number of hydrogen-bond acceptors (Lipinski definition) is 10. The van der Waals surface area contributed by atoms with Crippen LogP contribution in [0.4, 0.5) is 5.13 Å². The molecule has 0 atom stereocenters. The largest absolute Gasteiger partial charge is 0.398 e. The third-order valence-corrected chi connectivity index (χ3v) is 4.63. The molecule has 0 saturated carbocycles. The van der Waals surface area contributed by atoms with Crippen LogP contribution in [0.25, 0.3) is 10.2 Å². The molecule has 2 heterocycles. The van der Waals surface area contributed by atoms with E-state index in [4.69, 9.17) is 10.5 Å². The Kier molecular flexibility index (Phi) is 4.46. The van der Waals surface area contributed by atoms with Crippen molar-refractivity contribution in [1.82, 2.24) is 9.97 Å². The van der Waals surface area contributed by atoms with E-state index in [0.717, 1.165) is 4.70 Å². The van der Waals surface area contributed by atoms with Crippen molar-refractivity contribution in [2.45, 2.75) is 4.90 Å². The van der Waals surface area contributed by atoms with E-state index in [1.54, 1.807) is 5.38 Å². The van der Waals surface area contributed by atoms with Crippen LogP contribution in [0.5, 0.6) is 5.19 Å². The standard InChI is InChI=1S/C13H10N4O3S3/c1-19-17-9(6-5-22-12(14)15-6)11(18)20-13-16-10-7(21)3-2-4-8(10)23-13/h2-5,21H,1H3,(H2,14,15). The van der Waals surface area contributed by atoms with Gasteiger partial charge in [0.2, 0.25) is 5.71 Å². The summed E-state index contributed by atoms with van der Waals surface area (Å²) < 4.78 is 6.14. The van der Waals surface area contributed by atoms with E-state index in [2.05, 4.69) is 32.6 Å². The molecule has 1 aromatic carbocycles. The quantitative estimate of drug-likeness (QED) is 0.319. The molecule has 10 heteroatoms. The Morgan fingerprint density at radius 2 is 2.22 bits per heavy atom. The number of benzene rings is 1. The maximum Gasteiger partial charge on any atom is 0.370 e. The van der Waals surface area contributed by atoms with E-state index < -0.39 is 5.97 Å². The smallest absolute Gasteiger partial charge is 0.370 e. The Balaban J connectivity index is 1.89. The van der Waals surface area contributed by atoms with E-state index in [9.17, 15) is 4.79 Å². The van der Waals surface area contributed by atoms with Gasteiger partial charge in [-0.05, 0) is 12.1 Å². The first-order valence-corrected chi connectivity index (χ1v) is 8.36. The average Bonchev–Trinajstić information content (AvgIpc) is 3.11. The van der Waals surface area contributed by atoms with Crippen LogP contribution in [-0.4, -0.2) is 28.8 Å². The fraction of sp³-hybridized carbons (Fsp3) is 0.0769. The second-order valence-corrected chi connectivity index (χ2v) is 6.55. The van der Waals surface area contributed by atoms with Crippen molar-refractivity contribution in [2.24, 2.45) is 5.16 Å². The highest BCUT2D eigenvalue weighted by Gasteiger charge is 2.22. The van der Waals surface area contributed by atoms with E-state index >= 15 is 0 Å². The van der Waals surface area contributed by atoms with Crippen molar-refractivity contribution in [3.63, 3.8) is 0 Å². The number of thiol groups is 1. The lowest BCUT2D eigenvalue weighted by Crippen LogP contribution is -2.22. The van der Waals surface area contributed by atoms with Crippen LogP contribution >= 0.6 is 35.3 Å². The zero-order chi connectivity index (χ0) is 16.4. The number of hydrogen-bond donors (Lipinski definition) is 2. The molecule has 0 saturated heterocycles. The Hall–Kier alpha value is -2.17. The van der Waals surface area contributed by atoms with Gasteiger partial charge in [-0.2, -0.15) is 0 Å². The molecule has 2 N–H and O–H groups in total. The highest BCUT2D eigenvalue weighted by molar-refractivity contribution is 7.80. The number of para-hydroxylation sites is 1. The van der Waals surface area contributed by atoms with E-state index in [0.29, 0.717) is 15.5 Å². The van der Waals surface area contributed by atoms with Gasteiger partial charge >= 0.3 is 5.97 Å². The first-order valence-electron chi connectivity index (χ1n) is 6.21. The molecule has 0 bridgehead atoms. The van der Waals surface area contributed by atoms with Crippen LogP contribution in [0.3, 0.4) is 0 Å². The highest BCUT2D eigenvalue weighted by Crippen LogP contribution is 2.31. The lowest BCUT2D eigenvalue weighted by molar-refractivity contribution is -0.127. The zero-order valence-electron chi connectivity index (χ0n) is 11.7. The minimum absolute atomic E-state index is 0.0780. The van der Waals surface area contributed by atoms with Gasteiger partial charge < -0.3 is 15.3 Å². The topological polar surface area (TPSA) is 99.7 Å². The zero-order valence-corrected chi connectivity index (χ0v) is 14.2. The van der Waals surface area contributed by atoms with Crippen molar-refractivity contribution >= 4 is 62.3 Å². The Labute approximate surface area is 144 Å². The summed E-state index contributed by atoms with van der Waals surface area (Å²) in [6.07, 6.45) is 0. The molecule has 0 radical (unpaired) electrons. The number of nitrogens with two attached hydrogens (primary N) is 1. The number of fused-ring (bicyclic) bond motifs is 1. The molecular formula is C13H10N4O3S3. The van der Waals surface area contributed by atoms with Crippen LogP contribution in [0.1, 0.15) is 5.69 Å². The summed E-state index contributed by atoms with van der Waals surface area (Å²) in [5, 5.41) is 5.77. The molecule has 2 aromatic heterocycles. The maximum atomic E-state index is 12.3. The van der Waals surface area contributed by atoms with Gasteiger partial charge in [0.25, 0.3) is 5.19 Å². The fourth-order valence-electron chi connectivity index (χ4n) is 1.76. The summed E-state index contributed by atoms with van der Waals surface area (Å²) in [4.78, 5) is 26.0.